The van der Waals surface area contributed by atoms with Gasteiger partial charge in [0.2, 0.25) is 5.91 Å². The van der Waals surface area contributed by atoms with E-state index in [0.29, 0.717) is 22.5 Å². The number of carbonyl (C=O) groups is 4. The predicted octanol–water partition coefficient (Wildman–Crippen LogP) is 3.55. The Kier molecular flexibility index (Phi) is 11.5. The summed E-state index contributed by atoms with van der Waals surface area (Å²) in [6, 6.07) is 9.33. The minimum Gasteiger partial charge on any atom is -0.477 e. The van der Waals surface area contributed by atoms with Crippen LogP contribution >= 0.6 is 11.8 Å². The van der Waals surface area contributed by atoms with E-state index in [1.54, 1.807) is 26.0 Å². The zero-order valence-electron chi connectivity index (χ0n) is 30.0. The number of hydrogen-bond acceptors (Lipinski definition) is 12. The number of ether oxygens (including phenoxy) is 2. The zero-order valence-corrected chi connectivity index (χ0v) is 30.8. The molecule has 3 aliphatic rings. The first-order chi connectivity index (χ1) is 25.3. The topological polar surface area (TPSA) is 258 Å². The molecule has 4 amide bonds. The number of likely N-dealkylation sites (tertiary alicyclic amines) is 1. The molecule has 2 aromatic rings. The van der Waals surface area contributed by atoms with E-state index >= 15 is 0 Å². The molecule has 3 heterocycles. The van der Waals surface area contributed by atoms with Crippen molar-refractivity contribution < 1.29 is 48.7 Å². The molecule has 2 saturated heterocycles. The van der Waals surface area contributed by atoms with E-state index in [-0.39, 0.29) is 49.8 Å². The maximum absolute atomic E-state index is 13.6. The molecule has 290 valence electrons. The van der Waals surface area contributed by atoms with Crippen LogP contribution in [0.25, 0.3) is 0 Å². The highest BCUT2D eigenvalue weighted by atomic mass is 32.2. The maximum atomic E-state index is 13.6. The number of nitro groups is 2. The van der Waals surface area contributed by atoms with Crippen molar-refractivity contribution in [3.63, 3.8) is 0 Å². The van der Waals surface area contributed by atoms with E-state index in [9.17, 15) is 49.6 Å². The number of rotatable bonds is 15. The van der Waals surface area contributed by atoms with Gasteiger partial charge in [-0.05, 0) is 56.9 Å². The van der Waals surface area contributed by atoms with Crippen LogP contribution in [0.3, 0.4) is 0 Å². The highest BCUT2D eigenvalue weighted by Crippen LogP contribution is 2.60. The van der Waals surface area contributed by atoms with Crippen LogP contribution < -0.4 is 11.1 Å². The molecular formula is C35H42N6O12S. The summed E-state index contributed by atoms with van der Waals surface area (Å²) >= 11 is 1.21. The second-order valence-corrected chi connectivity index (χ2v) is 15.8. The first-order valence-corrected chi connectivity index (χ1v) is 17.9. The van der Waals surface area contributed by atoms with Gasteiger partial charge in [0.25, 0.3) is 11.4 Å². The number of nitro benzene ring substituents is 2. The van der Waals surface area contributed by atoms with E-state index in [4.69, 9.17) is 15.2 Å². The number of hydrogen-bond donors (Lipinski definition) is 4. The van der Waals surface area contributed by atoms with Crippen molar-refractivity contribution in [3.05, 3.63) is 90.5 Å². The lowest BCUT2D eigenvalue weighted by Crippen LogP contribution is -2.66. The lowest BCUT2D eigenvalue weighted by molar-refractivity contribution is -0.385. The fourth-order valence-corrected chi connectivity index (χ4v) is 8.93. The van der Waals surface area contributed by atoms with Crippen LogP contribution in [0.4, 0.5) is 21.0 Å². The minimum atomic E-state index is -1.34. The molecule has 5 rings (SSSR count). The summed E-state index contributed by atoms with van der Waals surface area (Å²) in [5.41, 5.74) is 3.98. The summed E-state index contributed by atoms with van der Waals surface area (Å²) in [7, 11) is 0. The van der Waals surface area contributed by atoms with Crippen LogP contribution in [0.15, 0.2) is 59.1 Å². The first-order valence-electron chi connectivity index (χ1n) is 17.1. The molecule has 0 aliphatic carbocycles. The number of nitrogens with two attached hydrogens (primary N) is 1. The second-order valence-electron chi connectivity index (χ2n) is 14.5. The Bertz CT molecular complexity index is 1850. The molecule has 2 aromatic carbocycles. The Labute approximate surface area is 313 Å². The third-order valence-corrected chi connectivity index (χ3v) is 11.5. The number of urea groups is 1. The van der Waals surface area contributed by atoms with E-state index in [1.807, 2.05) is 6.92 Å². The van der Waals surface area contributed by atoms with Gasteiger partial charge in [0.1, 0.15) is 12.3 Å². The number of aliphatic carboxylic acids is 1. The molecule has 5 N–H and O–H groups in total. The van der Waals surface area contributed by atoms with Crippen molar-refractivity contribution in [1.29, 1.82) is 0 Å². The standard InChI is InChI=1S/C35H42N6O12S/c1-19(42)26-28-35(4,14-20-5-9-22(10-6-20)40(48)49)29(27(31(44)45)39(28)30(26)43)54-25-13-24(17-53-34(2,3)18-37-32(36)46)38(15-25)33(47)52-16-21-7-11-23(12-8-21)41(50)51/h5-12,19,24-26,28,42H,13-18H2,1-4H3,(H,44,45)(H3,36,37,46)/t19-,24+,25+,26-,28+,35-/m1/s1. The summed E-state index contributed by atoms with van der Waals surface area (Å²) in [4.78, 5) is 75.6. The van der Waals surface area contributed by atoms with E-state index < -0.39 is 74.2 Å². The summed E-state index contributed by atoms with van der Waals surface area (Å²) in [6.07, 6.45) is -1.31. The molecule has 18 nitrogen and oxygen atoms in total. The molecule has 6 atom stereocenters. The lowest BCUT2D eigenvalue weighted by Gasteiger charge is -2.51. The van der Waals surface area contributed by atoms with E-state index in [2.05, 4.69) is 5.32 Å². The molecule has 3 aliphatic heterocycles. The molecule has 19 heteroatoms. The Morgan fingerprint density at radius 3 is 2.17 bits per heavy atom. The van der Waals surface area contributed by atoms with Gasteiger partial charge < -0.3 is 40.5 Å². The van der Waals surface area contributed by atoms with Crippen molar-refractivity contribution in [2.75, 3.05) is 19.7 Å². The Morgan fingerprint density at radius 2 is 1.65 bits per heavy atom. The molecule has 0 bridgehead atoms. The van der Waals surface area contributed by atoms with Crippen molar-refractivity contribution in [1.82, 2.24) is 15.1 Å². The lowest BCUT2D eigenvalue weighted by atomic mass is 9.67. The summed E-state index contributed by atoms with van der Waals surface area (Å²) in [6.45, 7) is 6.71. The average molecular weight is 771 g/mol. The monoisotopic (exact) mass is 770 g/mol. The molecule has 0 aromatic heterocycles. The summed E-state index contributed by atoms with van der Waals surface area (Å²) in [5.74, 6) is -2.76. The molecule has 0 radical (unpaired) electrons. The van der Waals surface area contributed by atoms with Crippen LogP contribution in [0.5, 0.6) is 0 Å². The van der Waals surface area contributed by atoms with Crippen LogP contribution in [-0.4, -0.2) is 103 Å². The van der Waals surface area contributed by atoms with Gasteiger partial charge in [-0.3, -0.25) is 25.0 Å². The Morgan fingerprint density at radius 1 is 1.07 bits per heavy atom. The molecule has 0 unspecified atom stereocenters. The van der Waals surface area contributed by atoms with Crippen LogP contribution in [0.2, 0.25) is 0 Å². The number of nitrogens with one attached hydrogen (secondary N) is 1. The number of non-ortho nitro benzene ring substituents is 2. The van der Waals surface area contributed by atoms with Gasteiger partial charge in [0, 0.05) is 52.9 Å². The van der Waals surface area contributed by atoms with E-state index in [0.717, 1.165) is 0 Å². The number of carbonyl (C=O) groups excluding carboxylic acids is 3. The fraction of sp³-hybridized carbons (Fsp3) is 0.486. The minimum absolute atomic E-state index is 0.000626. The molecule has 0 spiro atoms. The van der Waals surface area contributed by atoms with E-state index in [1.165, 1.54) is 64.9 Å². The molecule has 54 heavy (non-hydrogen) atoms. The van der Waals surface area contributed by atoms with Crippen LogP contribution in [0, 0.1) is 31.6 Å². The average Bonchev–Trinajstić information content (AvgIpc) is 3.60. The fourth-order valence-electron chi connectivity index (χ4n) is 7.28. The number of primary amides is 1. The van der Waals surface area contributed by atoms with Gasteiger partial charge in [-0.15, -0.1) is 11.8 Å². The number of aliphatic hydroxyl groups is 1. The number of thioether (sulfide) groups is 1. The van der Waals surface area contributed by atoms with Gasteiger partial charge in [-0.25, -0.2) is 14.4 Å². The van der Waals surface area contributed by atoms with Crippen LogP contribution in [-0.2, 0) is 32.1 Å². The first kappa shape index (κ1) is 39.9. The summed E-state index contributed by atoms with van der Waals surface area (Å²) in [5, 5.41) is 45.6. The molecule has 0 saturated carbocycles. The second kappa shape index (κ2) is 15.6. The normalized spacial score (nSPS) is 24.1. The smallest absolute Gasteiger partial charge is 0.410 e. The number of benzene rings is 2. The number of nitrogens with zero attached hydrogens (tertiary/aromatic N) is 4. The van der Waals surface area contributed by atoms with Crippen molar-refractivity contribution >= 4 is 47.1 Å². The van der Waals surface area contributed by atoms with Gasteiger partial charge in [-0.1, -0.05) is 19.1 Å². The number of fused-ring (bicyclic) bond motifs is 1. The van der Waals surface area contributed by atoms with Gasteiger partial charge in [-0.2, -0.15) is 0 Å². The number of amides is 4. The van der Waals surface area contributed by atoms with Crippen molar-refractivity contribution in [2.45, 2.75) is 76.2 Å². The summed E-state index contributed by atoms with van der Waals surface area (Å²) < 4.78 is 11.8. The maximum Gasteiger partial charge on any atom is 0.410 e. The number of aliphatic hydroxyl groups excluding tert-OH is 1. The van der Waals surface area contributed by atoms with Gasteiger partial charge in [0.05, 0.1) is 46.2 Å². The number of β-lactam (4-membered cyclic amide) rings is 1. The van der Waals surface area contributed by atoms with Crippen molar-refractivity contribution in [2.24, 2.45) is 17.1 Å². The predicted molar refractivity (Wildman–Crippen MR) is 193 cm³/mol. The zero-order chi connectivity index (χ0) is 39.7. The molecular weight excluding hydrogens is 728 g/mol. The van der Waals surface area contributed by atoms with Gasteiger partial charge in [0.15, 0.2) is 0 Å². The highest BCUT2D eigenvalue weighted by Gasteiger charge is 2.66. The molecule has 2 fully saturated rings. The SMILES string of the molecule is C[C@@H](O)[C@H]1C(=O)N2C(C(=O)O)=C(S[C@H]3C[C@@H](COC(C)(C)CNC(N)=O)N(C(=O)OCc4ccc([N+](=O)[O-])cc4)C3)[C@](C)(Cc3ccc([N+](=O)[O-])cc3)[C@H]12. The van der Waals surface area contributed by atoms with Gasteiger partial charge >= 0.3 is 18.1 Å². The Hall–Kier alpha value is -5.27. The quantitative estimate of drug-likeness (QED) is 0.115. The largest absolute Gasteiger partial charge is 0.477 e. The Balaban J connectivity index is 1.44. The number of carboxylic acids is 1. The number of carboxylic acid groups (broad SMARTS) is 1. The van der Waals surface area contributed by atoms with Crippen LogP contribution in [0.1, 0.15) is 45.2 Å². The highest BCUT2D eigenvalue weighted by molar-refractivity contribution is 8.03. The third kappa shape index (κ3) is 8.27. The van der Waals surface area contributed by atoms with Crippen molar-refractivity contribution in [3.8, 4) is 0 Å². The third-order valence-electron chi connectivity index (χ3n) is 9.97.